The van der Waals surface area contributed by atoms with Gasteiger partial charge < -0.3 is 10.1 Å². The maximum absolute atomic E-state index is 12.5. The van der Waals surface area contributed by atoms with Crippen LogP contribution in [0.15, 0.2) is 70.6 Å². The van der Waals surface area contributed by atoms with Crippen molar-refractivity contribution in [2.75, 3.05) is 12.5 Å². The first kappa shape index (κ1) is 21.5. The van der Waals surface area contributed by atoms with E-state index in [2.05, 4.69) is 15.7 Å². The van der Waals surface area contributed by atoms with Gasteiger partial charge in [0.1, 0.15) is 5.75 Å². The lowest BCUT2D eigenvalue weighted by atomic mass is 10.2. The van der Waals surface area contributed by atoms with E-state index in [-0.39, 0.29) is 11.8 Å². The third-order valence-corrected chi connectivity index (χ3v) is 5.87. The molecular weight excluding hydrogens is 424 g/mol. The summed E-state index contributed by atoms with van der Waals surface area (Å²) in [7, 11) is 1.61. The number of amides is 2. The summed E-state index contributed by atoms with van der Waals surface area (Å²) in [6, 6.07) is 18.2. The number of hydrogen-bond acceptors (Lipinski definition) is 5. The van der Waals surface area contributed by atoms with Crippen LogP contribution in [-0.2, 0) is 4.79 Å². The predicted octanol–water partition coefficient (Wildman–Crippen LogP) is 4.39. The van der Waals surface area contributed by atoms with Gasteiger partial charge in [-0.25, -0.2) is 4.99 Å². The molecule has 0 aliphatic carbocycles. The Labute approximate surface area is 190 Å². The summed E-state index contributed by atoms with van der Waals surface area (Å²) in [4.78, 5) is 30.0. The summed E-state index contributed by atoms with van der Waals surface area (Å²) in [6.45, 7) is 3.80. The van der Waals surface area contributed by atoms with Crippen molar-refractivity contribution >= 4 is 40.5 Å². The first-order chi connectivity index (χ1) is 15.4. The number of aromatic nitrogens is 1. The molecule has 1 aromatic heterocycles. The van der Waals surface area contributed by atoms with Crippen molar-refractivity contribution in [1.82, 2.24) is 9.99 Å². The molecule has 1 aliphatic rings. The highest BCUT2D eigenvalue weighted by atomic mass is 32.2. The molecule has 2 aromatic carbocycles. The second-order valence-corrected chi connectivity index (χ2v) is 8.18. The van der Waals surface area contributed by atoms with Gasteiger partial charge >= 0.3 is 0 Å². The quantitative estimate of drug-likeness (QED) is 0.570. The van der Waals surface area contributed by atoms with Crippen LogP contribution in [0.25, 0.3) is 6.08 Å². The molecule has 0 atom stereocenters. The highest BCUT2D eigenvalue weighted by Gasteiger charge is 2.24. The molecule has 1 saturated heterocycles. The zero-order valence-electron chi connectivity index (χ0n) is 17.9. The Morgan fingerprint density at radius 3 is 2.53 bits per heavy atom. The number of carbonyl (C=O) groups excluding carboxylic acids is 2. The molecule has 0 radical (unpaired) electrons. The predicted molar refractivity (Wildman–Crippen MR) is 128 cm³/mol. The fraction of sp³-hybridized carbons (Fsp3) is 0.125. The third-order valence-electron chi connectivity index (χ3n) is 4.96. The van der Waals surface area contributed by atoms with Crippen molar-refractivity contribution in [3.05, 3.63) is 88.1 Å². The summed E-state index contributed by atoms with van der Waals surface area (Å²) in [6.07, 6.45) is 1.81. The highest BCUT2D eigenvalue weighted by Crippen LogP contribution is 2.30. The number of benzene rings is 2. The van der Waals surface area contributed by atoms with Gasteiger partial charge in [-0.15, -0.1) is 0 Å². The van der Waals surface area contributed by atoms with Gasteiger partial charge in [0.05, 0.1) is 17.7 Å². The monoisotopic (exact) mass is 446 g/mol. The van der Waals surface area contributed by atoms with Crippen molar-refractivity contribution in [3.63, 3.8) is 0 Å². The van der Waals surface area contributed by atoms with E-state index in [1.54, 1.807) is 23.9 Å². The van der Waals surface area contributed by atoms with Gasteiger partial charge in [-0.3, -0.25) is 19.7 Å². The minimum Gasteiger partial charge on any atom is -0.497 e. The number of nitrogens with one attached hydrogen (secondary N) is 2. The molecule has 0 spiro atoms. The standard InChI is InChI=1S/C24H22N4O3S/c1-15-13-18(16(2)28(15)27-22(29)17-7-5-4-6-8-17)14-21-23(30)26-24(32-21)25-19-9-11-20(31-3)12-10-19/h4-14H,1-3H3,(H,27,29)(H,25,26,30)/b21-14-. The number of ether oxygens (including phenoxy) is 1. The van der Waals surface area contributed by atoms with E-state index in [1.807, 2.05) is 68.5 Å². The summed E-state index contributed by atoms with van der Waals surface area (Å²) in [5.41, 5.74) is 6.73. The summed E-state index contributed by atoms with van der Waals surface area (Å²) in [5, 5.41) is 3.31. The van der Waals surface area contributed by atoms with Crippen LogP contribution in [0.2, 0.25) is 0 Å². The fourth-order valence-corrected chi connectivity index (χ4v) is 4.09. The molecule has 2 amide bonds. The maximum Gasteiger partial charge on any atom is 0.270 e. The maximum atomic E-state index is 12.5. The first-order valence-electron chi connectivity index (χ1n) is 9.93. The Morgan fingerprint density at radius 1 is 1.12 bits per heavy atom. The van der Waals surface area contributed by atoms with Gasteiger partial charge in [-0.2, -0.15) is 0 Å². The lowest BCUT2D eigenvalue weighted by molar-refractivity contribution is -0.115. The van der Waals surface area contributed by atoms with E-state index in [1.165, 1.54) is 11.8 Å². The molecular formula is C24H22N4O3S. The van der Waals surface area contributed by atoms with Crippen LogP contribution in [0.1, 0.15) is 27.3 Å². The molecule has 0 saturated carbocycles. The molecule has 3 aromatic rings. The van der Waals surface area contributed by atoms with Gasteiger partial charge in [0, 0.05) is 17.0 Å². The fourth-order valence-electron chi connectivity index (χ4n) is 3.26. The van der Waals surface area contributed by atoms with Crippen LogP contribution in [0.5, 0.6) is 5.75 Å². The van der Waals surface area contributed by atoms with E-state index < -0.39 is 0 Å². The Balaban J connectivity index is 1.53. The van der Waals surface area contributed by atoms with Crippen molar-refractivity contribution in [3.8, 4) is 5.75 Å². The molecule has 2 heterocycles. The molecule has 8 heteroatoms. The molecule has 1 fully saturated rings. The number of hydrogen-bond donors (Lipinski definition) is 2. The normalized spacial score (nSPS) is 15.8. The first-order valence-corrected chi connectivity index (χ1v) is 10.8. The molecule has 162 valence electrons. The second kappa shape index (κ2) is 9.15. The highest BCUT2D eigenvalue weighted by molar-refractivity contribution is 8.18. The molecule has 4 rings (SSSR count). The molecule has 0 bridgehead atoms. The van der Waals surface area contributed by atoms with Crippen molar-refractivity contribution in [2.45, 2.75) is 13.8 Å². The number of carbonyl (C=O) groups is 2. The molecule has 32 heavy (non-hydrogen) atoms. The Kier molecular flexibility index (Phi) is 6.13. The van der Waals surface area contributed by atoms with Crippen molar-refractivity contribution in [1.29, 1.82) is 0 Å². The van der Waals surface area contributed by atoms with E-state index in [4.69, 9.17) is 4.74 Å². The summed E-state index contributed by atoms with van der Waals surface area (Å²) in [5.74, 6) is 0.334. The Bertz CT molecular complexity index is 1230. The van der Waals surface area contributed by atoms with Crippen LogP contribution in [0.4, 0.5) is 5.69 Å². The van der Waals surface area contributed by atoms with E-state index in [9.17, 15) is 9.59 Å². The number of aliphatic imine (C=N–C) groups is 1. The number of amidine groups is 1. The Hall–Kier alpha value is -3.78. The SMILES string of the molecule is COc1ccc(N=C2NC(=O)/C(=C/c3cc(C)n(NC(=O)c4ccccc4)c3C)S2)cc1. The number of thioether (sulfide) groups is 1. The summed E-state index contributed by atoms with van der Waals surface area (Å²) >= 11 is 1.28. The van der Waals surface area contributed by atoms with Crippen LogP contribution in [0, 0.1) is 13.8 Å². The average molecular weight is 447 g/mol. The number of methoxy groups -OCH3 is 1. The van der Waals surface area contributed by atoms with Crippen LogP contribution in [0.3, 0.4) is 0 Å². The zero-order chi connectivity index (χ0) is 22.7. The number of rotatable bonds is 5. The average Bonchev–Trinajstić information content (AvgIpc) is 3.28. The van der Waals surface area contributed by atoms with E-state index >= 15 is 0 Å². The number of nitrogens with zero attached hydrogens (tertiary/aromatic N) is 2. The topological polar surface area (TPSA) is 84.7 Å². The Morgan fingerprint density at radius 2 is 1.84 bits per heavy atom. The van der Waals surface area contributed by atoms with Gasteiger partial charge in [0.15, 0.2) is 5.17 Å². The lowest BCUT2D eigenvalue weighted by Gasteiger charge is -2.11. The minimum atomic E-state index is -0.208. The van der Waals surface area contributed by atoms with Crippen LogP contribution < -0.4 is 15.5 Å². The zero-order valence-corrected chi connectivity index (χ0v) is 18.7. The smallest absolute Gasteiger partial charge is 0.270 e. The summed E-state index contributed by atoms with van der Waals surface area (Å²) < 4.78 is 6.88. The molecule has 0 unspecified atom stereocenters. The molecule has 2 N–H and O–H groups in total. The lowest BCUT2D eigenvalue weighted by Crippen LogP contribution is -2.24. The van der Waals surface area contributed by atoms with Crippen LogP contribution >= 0.6 is 11.8 Å². The molecule has 1 aliphatic heterocycles. The van der Waals surface area contributed by atoms with Gasteiger partial charge in [-0.1, -0.05) is 18.2 Å². The third kappa shape index (κ3) is 4.60. The number of aryl methyl sites for hydroxylation is 1. The minimum absolute atomic E-state index is 0.200. The van der Waals surface area contributed by atoms with Gasteiger partial charge in [0.2, 0.25) is 0 Å². The van der Waals surface area contributed by atoms with Gasteiger partial charge in [-0.05, 0) is 79.7 Å². The van der Waals surface area contributed by atoms with Gasteiger partial charge in [0.25, 0.3) is 11.8 Å². The largest absolute Gasteiger partial charge is 0.497 e. The molecule has 7 nitrogen and oxygen atoms in total. The van der Waals surface area contributed by atoms with Crippen LogP contribution in [-0.4, -0.2) is 28.8 Å². The second-order valence-electron chi connectivity index (χ2n) is 7.15. The van der Waals surface area contributed by atoms with Crippen molar-refractivity contribution < 1.29 is 14.3 Å². The van der Waals surface area contributed by atoms with E-state index in [0.717, 1.165) is 28.4 Å². The van der Waals surface area contributed by atoms with Crippen molar-refractivity contribution in [2.24, 2.45) is 4.99 Å². The van der Waals surface area contributed by atoms with E-state index in [0.29, 0.717) is 15.6 Å².